The largest absolute Gasteiger partial charge is 0.297 e. The van der Waals surface area contributed by atoms with Crippen molar-refractivity contribution >= 4 is 21.4 Å². The highest BCUT2D eigenvalue weighted by Crippen LogP contribution is 2.38. The second-order valence-electron chi connectivity index (χ2n) is 5.42. The highest BCUT2D eigenvalue weighted by Gasteiger charge is 2.46. The van der Waals surface area contributed by atoms with Gasteiger partial charge in [-0.3, -0.25) is 4.84 Å². The first kappa shape index (κ1) is 14.5. The second kappa shape index (κ2) is 5.38. The Morgan fingerprint density at radius 3 is 2.60 bits per heavy atom. The average Bonchev–Trinajstić information content (AvgIpc) is 3.08. The van der Waals surface area contributed by atoms with E-state index in [0.29, 0.717) is 13.1 Å². The lowest BCUT2D eigenvalue weighted by Crippen LogP contribution is -2.40. The quantitative estimate of drug-likeness (QED) is 0.853. The predicted octanol–water partition coefficient (Wildman–Crippen LogP) is 1.77. The van der Waals surface area contributed by atoms with Crippen molar-refractivity contribution in [3.05, 3.63) is 21.9 Å². The van der Waals surface area contributed by atoms with Crippen LogP contribution in [0.3, 0.4) is 0 Å². The lowest BCUT2D eigenvalue weighted by atomic mass is 10.2. The van der Waals surface area contributed by atoms with Gasteiger partial charge in [-0.2, -0.15) is 5.06 Å². The van der Waals surface area contributed by atoms with E-state index < -0.39 is 15.3 Å². The van der Waals surface area contributed by atoms with Gasteiger partial charge in [0.25, 0.3) is 0 Å². The standard InChI is InChI=1S/C13H20N2O3S2/c1-10-5-6-11(19-10)13-12(9-18-14(13)2)20(16,17)15-7-3-4-8-15/h5-6,12-13H,3-4,7-9H2,1-2H3. The summed E-state index contributed by atoms with van der Waals surface area (Å²) in [5.74, 6) is 0. The van der Waals surface area contributed by atoms with Gasteiger partial charge in [-0.15, -0.1) is 11.3 Å². The molecule has 0 bridgehead atoms. The van der Waals surface area contributed by atoms with Gasteiger partial charge >= 0.3 is 0 Å². The Morgan fingerprint density at radius 2 is 2.00 bits per heavy atom. The maximum absolute atomic E-state index is 12.8. The molecule has 2 aliphatic rings. The SMILES string of the molecule is Cc1ccc(C2C(S(=O)(=O)N3CCCC3)CON2C)s1. The van der Waals surface area contributed by atoms with Gasteiger partial charge in [0.1, 0.15) is 5.25 Å². The maximum Gasteiger partial charge on any atom is 0.221 e. The molecular weight excluding hydrogens is 296 g/mol. The Bertz CT molecular complexity index is 578. The lowest BCUT2D eigenvalue weighted by Gasteiger charge is -2.25. The van der Waals surface area contributed by atoms with Gasteiger partial charge in [0, 0.05) is 29.9 Å². The van der Waals surface area contributed by atoms with Gasteiger partial charge < -0.3 is 0 Å². The van der Waals surface area contributed by atoms with Crippen LogP contribution in [-0.2, 0) is 14.9 Å². The average molecular weight is 316 g/mol. The molecule has 2 unspecified atom stereocenters. The molecule has 3 heterocycles. The highest BCUT2D eigenvalue weighted by atomic mass is 32.2. The number of hydrogen-bond donors (Lipinski definition) is 0. The molecule has 0 aliphatic carbocycles. The zero-order chi connectivity index (χ0) is 14.3. The molecule has 0 aromatic carbocycles. The van der Waals surface area contributed by atoms with E-state index >= 15 is 0 Å². The summed E-state index contributed by atoms with van der Waals surface area (Å²) in [6.07, 6.45) is 1.93. The molecule has 2 aliphatic heterocycles. The zero-order valence-corrected chi connectivity index (χ0v) is 13.4. The Hall–Kier alpha value is -0.470. The minimum Gasteiger partial charge on any atom is -0.297 e. The Balaban J connectivity index is 1.91. The van der Waals surface area contributed by atoms with Crippen LogP contribution in [0.15, 0.2) is 12.1 Å². The number of rotatable bonds is 3. The first-order valence-electron chi connectivity index (χ1n) is 6.91. The van der Waals surface area contributed by atoms with Crippen molar-refractivity contribution in [2.75, 3.05) is 26.7 Å². The minimum absolute atomic E-state index is 0.195. The van der Waals surface area contributed by atoms with Gasteiger partial charge in [-0.05, 0) is 31.9 Å². The Kier molecular flexibility index (Phi) is 3.89. The highest BCUT2D eigenvalue weighted by molar-refractivity contribution is 7.89. The molecule has 5 nitrogen and oxygen atoms in total. The molecule has 0 saturated carbocycles. The van der Waals surface area contributed by atoms with Crippen LogP contribution in [0.4, 0.5) is 0 Å². The topological polar surface area (TPSA) is 49.9 Å². The summed E-state index contributed by atoms with van der Waals surface area (Å²) >= 11 is 1.65. The summed E-state index contributed by atoms with van der Waals surface area (Å²) < 4.78 is 27.2. The molecular formula is C13H20N2O3S2. The van der Waals surface area contributed by atoms with Crippen molar-refractivity contribution in [3.63, 3.8) is 0 Å². The third-order valence-electron chi connectivity index (χ3n) is 4.05. The summed E-state index contributed by atoms with van der Waals surface area (Å²) in [5, 5.41) is 1.20. The first-order valence-corrected chi connectivity index (χ1v) is 9.23. The summed E-state index contributed by atoms with van der Waals surface area (Å²) in [4.78, 5) is 7.78. The molecule has 1 aromatic rings. The van der Waals surface area contributed by atoms with Crippen LogP contribution < -0.4 is 0 Å². The molecule has 0 spiro atoms. The van der Waals surface area contributed by atoms with Crippen molar-refractivity contribution in [1.29, 1.82) is 0 Å². The predicted molar refractivity (Wildman–Crippen MR) is 79.0 cm³/mol. The van der Waals surface area contributed by atoms with E-state index in [-0.39, 0.29) is 12.6 Å². The van der Waals surface area contributed by atoms with Gasteiger partial charge in [0.15, 0.2) is 0 Å². The molecule has 0 amide bonds. The van der Waals surface area contributed by atoms with Crippen molar-refractivity contribution in [1.82, 2.24) is 9.37 Å². The number of hydroxylamine groups is 2. The van der Waals surface area contributed by atoms with E-state index in [9.17, 15) is 8.42 Å². The summed E-state index contributed by atoms with van der Waals surface area (Å²) in [6, 6.07) is 3.85. The molecule has 2 atom stereocenters. The first-order chi connectivity index (χ1) is 9.50. The van der Waals surface area contributed by atoms with Crippen LogP contribution in [-0.4, -0.2) is 49.8 Å². The van der Waals surface area contributed by atoms with E-state index in [4.69, 9.17) is 4.84 Å². The Labute approximate surface area is 124 Å². The summed E-state index contributed by atoms with van der Waals surface area (Å²) in [7, 11) is -1.47. The van der Waals surface area contributed by atoms with Crippen LogP contribution in [0.1, 0.15) is 28.6 Å². The fourth-order valence-electron chi connectivity index (χ4n) is 2.95. The molecule has 2 fully saturated rings. The monoisotopic (exact) mass is 316 g/mol. The van der Waals surface area contributed by atoms with Crippen LogP contribution in [0.2, 0.25) is 0 Å². The minimum atomic E-state index is -3.29. The van der Waals surface area contributed by atoms with Crippen molar-refractivity contribution < 1.29 is 13.3 Å². The number of nitrogens with zero attached hydrogens (tertiary/aromatic N) is 2. The van der Waals surface area contributed by atoms with E-state index in [2.05, 4.69) is 0 Å². The summed E-state index contributed by atoms with van der Waals surface area (Å²) in [6.45, 7) is 3.59. The van der Waals surface area contributed by atoms with Gasteiger partial charge in [0.05, 0.1) is 12.6 Å². The van der Waals surface area contributed by atoms with Crippen molar-refractivity contribution in [2.24, 2.45) is 0 Å². The molecule has 3 rings (SSSR count). The van der Waals surface area contributed by atoms with Crippen LogP contribution >= 0.6 is 11.3 Å². The summed E-state index contributed by atoms with van der Waals surface area (Å²) in [5.41, 5.74) is 0. The zero-order valence-electron chi connectivity index (χ0n) is 11.8. The van der Waals surface area contributed by atoms with Gasteiger partial charge in [0.2, 0.25) is 10.0 Å². The molecule has 20 heavy (non-hydrogen) atoms. The normalized spacial score (nSPS) is 29.3. The van der Waals surface area contributed by atoms with E-state index in [1.807, 2.05) is 26.1 Å². The maximum atomic E-state index is 12.8. The van der Waals surface area contributed by atoms with Crippen LogP contribution in [0, 0.1) is 6.92 Å². The number of hydrogen-bond acceptors (Lipinski definition) is 5. The molecule has 1 aromatic heterocycles. The lowest BCUT2D eigenvalue weighted by molar-refractivity contribution is -0.110. The molecule has 7 heteroatoms. The molecule has 2 saturated heterocycles. The van der Waals surface area contributed by atoms with Gasteiger partial charge in [-0.25, -0.2) is 12.7 Å². The van der Waals surface area contributed by atoms with E-state index in [1.54, 1.807) is 20.7 Å². The van der Waals surface area contributed by atoms with Crippen molar-refractivity contribution in [2.45, 2.75) is 31.1 Å². The van der Waals surface area contributed by atoms with E-state index in [0.717, 1.165) is 17.7 Å². The van der Waals surface area contributed by atoms with Crippen LogP contribution in [0.25, 0.3) is 0 Å². The fraction of sp³-hybridized carbons (Fsp3) is 0.692. The second-order valence-corrected chi connectivity index (χ2v) is 8.90. The number of sulfonamides is 1. The molecule has 112 valence electrons. The third kappa shape index (κ3) is 2.42. The third-order valence-corrected chi connectivity index (χ3v) is 7.36. The molecule has 0 N–H and O–H groups in total. The Morgan fingerprint density at radius 1 is 1.30 bits per heavy atom. The van der Waals surface area contributed by atoms with Crippen molar-refractivity contribution in [3.8, 4) is 0 Å². The molecule has 0 radical (unpaired) electrons. The smallest absolute Gasteiger partial charge is 0.221 e. The van der Waals surface area contributed by atoms with Gasteiger partial charge in [-0.1, -0.05) is 0 Å². The number of aryl methyl sites for hydroxylation is 1. The number of thiophene rings is 1. The fourth-order valence-corrected chi connectivity index (χ4v) is 6.14. The van der Waals surface area contributed by atoms with Crippen LogP contribution in [0.5, 0.6) is 0 Å². The van der Waals surface area contributed by atoms with E-state index in [1.165, 1.54) is 4.88 Å².